The standard InChI is InChI=1S/C9H18O6/c1-5(11)7(13)9(3,15)8(2,14)6(12)4-10/h4-7,11-15H,1-3H3/t5?,6-,7+,8+,9+/m0/s1. The highest BCUT2D eigenvalue weighted by Gasteiger charge is 2.52. The molecule has 0 aliphatic carbocycles. The van der Waals surface area contributed by atoms with Crippen LogP contribution in [0.15, 0.2) is 0 Å². The van der Waals surface area contributed by atoms with Crippen LogP contribution in [-0.2, 0) is 4.79 Å². The number of carbonyl (C=O) groups is 1. The van der Waals surface area contributed by atoms with Gasteiger partial charge in [-0.3, -0.25) is 0 Å². The first-order chi connectivity index (χ1) is 6.59. The van der Waals surface area contributed by atoms with Gasteiger partial charge in [-0.15, -0.1) is 0 Å². The van der Waals surface area contributed by atoms with Gasteiger partial charge >= 0.3 is 0 Å². The first-order valence-electron chi connectivity index (χ1n) is 4.53. The Hall–Kier alpha value is -0.530. The van der Waals surface area contributed by atoms with Crippen molar-refractivity contribution in [2.75, 3.05) is 0 Å². The lowest BCUT2D eigenvalue weighted by atomic mass is 9.76. The molecular weight excluding hydrogens is 204 g/mol. The van der Waals surface area contributed by atoms with E-state index in [1.54, 1.807) is 0 Å². The van der Waals surface area contributed by atoms with E-state index in [9.17, 15) is 25.2 Å². The fourth-order valence-electron chi connectivity index (χ4n) is 1.20. The normalized spacial score (nSPS) is 25.9. The van der Waals surface area contributed by atoms with Gasteiger partial charge < -0.3 is 30.3 Å². The smallest absolute Gasteiger partial charge is 0.151 e. The maximum atomic E-state index is 10.3. The van der Waals surface area contributed by atoms with E-state index in [0.717, 1.165) is 13.8 Å². The van der Waals surface area contributed by atoms with E-state index in [1.165, 1.54) is 6.92 Å². The third-order valence-electron chi connectivity index (χ3n) is 2.76. The molecule has 0 aromatic carbocycles. The van der Waals surface area contributed by atoms with Gasteiger partial charge in [-0.05, 0) is 20.8 Å². The van der Waals surface area contributed by atoms with Gasteiger partial charge in [0.05, 0.1) is 6.10 Å². The highest BCUT2D eigenvalue weighted by molar-refractivity contribution is 5.58. The molecule has 5 N–H and O–H groups in total. The van der Waals surface area contributed by atoms with Gasteiger partial charge in [0, 0.05) is 0 Å². The van der Waals surface area contributed by atoms with Crippen LogP contribution in [0.4, 0.5) is 0 Å². The van der Waals surface area contributed by atoms with Crippen molar-refractivity contribution in [1.29, 1.82) is 0 Å². The predicted molar refractivity (Wildman–Crippen MR) is 51.0 cm³/mol. The molecule has 0 saturated heterocycles. The Balaban J connectivity index is 5.07. The fraction of sp³-hybridized carbons (Fsp3) is 0.889. The molecule has 0 aliphatic rings. The van der Waals surface area contributed by atoms with Crippen LogP contribution in [0.5, 0.6) is 0 Å². The summed E-state index contributed by atoms with van der Waals surface area (Å²) in [6.07, 6.45) is -4.82. The van der Waals surface area contributed by atoms with Gasteiger partial charge in [-0.1, -0.05) is 0 Å². The van der Waals surface area contributed by atoms with E-state index in [2.05, 4.69) is 0 Å². The van der Waals surface area contributed by atoms with E-state index in [4.69, 9.17) is 5.11 Å². The van der Waals surface area contributed by atoms with E-state index >= 15 is 0 Å². The predicted octanol–water partition coefficient (Wildman–Crippen LogP) is -2.21. The molecule has 5 atom stereocenters. The van der Waals surface area contributed by atoms with Crippen molar-refractivity contribution >= 4 is 6.29 Å². The molecule has 0 aliphatic heterocycles. The molecule has 0 aromatic rings. The zero-order chi connectivity index (χ0) is 12.4. The zero-order valence-corrected chi connectivity index (χ0v) is 8.95. The lowest BCUT2D eigenvalue weighted by Crippen LogP contribution is -2.65. The van der Waals surface area contributed by atoms with Crippen LogP contribution in [0.1, 0.15) is 20.8 Å². The lowest BCUT2D eigenvalue weighted by molar-refractivity contribution is -0.232. The molecule has 0 amide bonds. The molecule has 1 unspecified atom stereocenters. The number of hydrogen-bond acceptors (Lipinski definition) is 6. The second-order valence-corrected chi connectivity index (χ2v) is 4.06. The van der Waals surface area contributed by atoms with E-state index in [0.29, 0.717) is 0 Å². The van der Waals surface area contributed by atoms with Crippen LogP contribution in [0, 0.1) is 0 Å². The van der Waals surface area contributed by atoms with Gasteiger partial charge in [0.1, 0.15) is 23.4 Å². The molecule has 0 saturated carbocycles. The summed E-state index contributed by atoms with van der Waals surface area (Å²) < 4.78 is 0. The summed E-state index contributed by atoms with van der Waals surface area (Å²) >= 11 is 0. The Morgan fingerprint density at radius 3 is 1.73 bits per heavy atom. The molecule has 0 radical (unpaired) electrons. The number of aldehydes is 1. The van der Waals surface area contributed by atoms with Crippen molar-refractivity contribution in [1.82, 2.24) is 0 Å². The number of aliphatic hydroxyl groups excluding tert-OH is 3. The van der Waals surface area contributed by atoms with Gasteiger partial charge in [0.15, 0.2) is 6.29 Å². The molecule has 90 valence electrons. The average Bonchev–Trinajstić information content (AvgIpc) is 2.14. The minimum atomic E-state index is -2.26. The van der Waals surface area contributed by atoms with Gasteiger partial charge in [-0.2, -0.15) is 0 Å². The van der Waals surface area contributed by atoms with Crippen molar-refractivity contribution in [2.24, 2.45) is 0 Å². The minimum absolute atomic E-state index is 0.0449. The molecule has 6 nitrogen and oxygen atoms in total. The Bertz CT molecular complexity index is 223. The molecule has 6 heteroatoms. The first kappa shape index (κ1) is 14.5. The van der Waals surface area contributed by atoms with Crippen LogP contribution in [0.2, 0.25) is 0 Å². The third-order valence-corrected chi connectivity index (χ3v) is 2.76. The maximum absolute atomic E-state index is 10.3. The Kier molecular flexibility index (Phi) is 4.38. The molecule has 0 rings (SSSR count). The molecule has 0 aromatic heterocycles. The highest BCUT2D eigenvalue weighted by Crippen LogP contribution is 2.29. The Morgan fingerprint density at radius 2 is 1.47 bits per heavy atom. The number of aliphatic hydroxyl groups is 5. The molecule has 0 fully saturated rings. The topological polar surface area (TPSA) is 118 Å². The van der Waals surface area contributed by atoms with E-state index < -0.39 is 29.5 Å². The minimum Gasteiger partial charge on any atom is -0.391 e. The molecule has 0 spiro atoms. The maximum Gasteiger partial charge on any atom is 0.151 e. The summed E-state index contributed by atoms with van der Waals surface area (Å²) in [5.41, 5.74) is -4.48. The van der Waals surface area contributed by atoms with Crippen LogP contribution in [0.3, 0.4) is 0 Å². The van der Waals surface area contributed by atoms with Crippen LogP contribution >= 0.6 is 0 Å². The van der Waals surface area contributed by atoms with Crippen LogP contribution in [0.25, 0.3) is 0 Å². The van der Waals surface area contributed by atoms with Gasteiger partial charge in [0.2, 0.25) is 0 Å². The van der Waals surface area contributed by atoms with Crippen molar-refractivity contribution in [3.05, 3.63) is 0 Å². The number of rotatable bonds is 5. The second-order valence-electron chi connectivity index (χ2n) is 4.06. The summed E-state index contributed by atoms with van der Waals surface area (Å²) in [6.45, 7) is 3.23. The van der Waals surface area contributed by atoms with Crippen molar-refractivity contribution in [3.8, 4) is 0 Å². The largest absolute Gasteiger partial charge is 0.391 e. The summed E-state index contributed by atoms with van der Waals surface area (Å²) in [5.74, 6) is 0. The number of hydrogen-bond donors (Lipinski definition) is 5. The lowest BCUT2D eigenvalue weighted by Gasteiger charge is -2.43. The summed E-state index contributed by atoms with van der Waals surface area (Å²) in [4.78, 5) is 10.3. The van der Waals surface area contributed by atoms with Crippen LogP contribution < -0.4 is 0 Å². The summed E-state index contributed by atoms with van der Waals surface area (Å²) in [5, 5.41) is 47.2. The molecule has 0 heterocycles. The summed E-state index contributed by atoms with van der Waals surface area (Å²) in [7, 11) is 0. The monoisotopic (exact) mass is 222 g/mol. The Labute approximate surface area is 87.8 Å². The average molecular weight is 222 g/mol. The van der Waals surface area contributed by atoms with Gasteiger partial charge in [-0.25, -0.2) is 0 Å². The second kappa shape index (κ2) is 4.54. The van der Waals surface area contributed by atoms with Crippen molar-refractivity contribution in [2.45, 2.75) is 50.3 Å². The Morgan fingerprint density at radius 1 is 1.07 bits per heavy atom. The number of carbonyl (C=O) groups excluding carboxylic acids is 1. The van der Waals surface area contributed by atoms with E-state index in [-0.39, 0.29) is 6.29 Å². The highest BCUT2D eigenvalue weighted by atomic mass is 16.4. The van der Waals surface area contributed by atoms with Crippen molar-refractivity contribution < 1.29 is 30.3 Å². The van der Waals surface area contributed by atoms with Gasteiger partial charge in [0.25, 0.3) is 0 Å². The van der Waals surface area contributed by atoms with E-state index in [1.807, 2.05) is 0 Å². The first-order valence-corrected chi connectivity index (χ1v) is 4.53. The molecular formula is C9H18O6. The molecule has 15 heavy (non-hydrogen) atoms. The fourth-order valence-corrected chi connectivity index (χ4v) is 1.20. The molecule has 0 bridgehead atoms. The van der Waals surface area contributed by atoms with Crippen LogP contribution in [-0.4, -0.2) is 61.3 Å². The third kappa shape index (κ3) is 2.53. The van der Waals surface area contributed by atoms with Crippen molar-refractivity contribution in [3.63, 3.8) is 0 Å². The SMILES string of the molecule is CC(O)[C@@H](O)[C@@](C)(O)[C@](C)(O)[C@@H](O)C=O. The quantitative estimate of drug-likeness (QED) is 0.337. The summed E-state index contributed by atoms with van der Waals surface area (Å²) in [6, 6.07) is 0. The zero-order valence-electron chi connectivity index (χ0n) is 8.95.